The molecule has 2 amide bonds. The summed E-state index contributed by atoms with van der Waals surface area (Å²) < 4.78 is 10.1. The Morgan fingerprint density at radius 1 is 1.00 bits per heavy atom. The van der Waals surface area contributed by atoms with Crippen molar-refractivity contribution in [3.8, 4) is 17.6 Å². The average Bonchev–Trinajstić information content (AvgIpc) is 2.69. The number of amides is 2. The van der Waals surface area contributed by atoms with Crippen LogP contribution in [0.2, 0.25) is 0 Å². The van der Waals surface area contributed by atoms with E-state index in [9.17, 15) is 14.4 Å². The van der Waals surface area contributed by atoms with E-state index in [2.05, 4.69) is 27.2 Å². The van der Waals surface area contributed by atoms with Crippen molar-refractivity contribution >= 4 is 23.5 Å². The van der Waals surface area contributed by atoms with Crippen LogP contribution in [0.3, 0.4) is 0 Å². The number of carbonyl (C=O) groups excluding carboxylic acids is 3. The SMILES string of the molecule is COC(=O)c1ccc(C(=O)NCC#CCOc2cccc(NC(C)=O)c2)cc1. The molecule has 28 heavy (non-hydrogen) atoms. The van der Waals surface area contributed by atoms with Crippen molar-refractivity contribution in [3.05, 3.63) is 59.7 Å². The van der Waals surface area contributed by atoms with E-state index >= 15 is 0 Å². The van der Waals surface area contributed by atoms with Crippen LogP contribution in [0.4, 0.5) is 5.69 Å². The molecule has 0 aliphatic heterocycles. The molecule has 0 fully saturated rings. The molecule has 0 aromatic heterocycles. The van der Waals surface area contributed by atoms with Crippen molar-refractivity contribution in [3.63, 3.8) is 0 Å². The zero-order valence-electron chi connectivity index (χ0n) is 15.6. The summed E-state index contributed by atoms with van der Waals surface area (Å²) in [7, 11) is 1.30. The maximum atomic E-state index is 12.0. The summed E-state index contributed by atoms with van der Waals surface area (Å²) in [5.74, 6) is 5.25. The molecule has 0 heterocycles. The summed E-state index contributed by atoms with van der Waals surface area (Å²) in [6.07, 6.45) is 0. The second-order valence-electron chi connectivity index (χ2n) is 5.60. The van der Waals surface area contributed by atoms with Crippen LogP contribution in [0.5, 0.6) is 5.75 Å². The topological polar surface area (TPSA) is 93.7 Å². The van der Waals surface area contributed by atoms with Crippen molar-refractivity contribution in [1.29, 1.82) is 0 Å². The van der Waals surface area contributed by atoms with Crippen molar-refractivity contribution in [1.82, 2.24) is 5.32 Å². The van der Waals surface area contributed by atoms with Crippen LogP contribution in [0.25, 0.3) is 0 Å². The minimum Gasteiger partial charge on any atom is -0.481 e. The minimum atomic E-state index is -0.458. The summed E-state index contributed by atoms with van der Waals surface area (Å²) in [6, 6.07) is 13.1. The third-order valence-corrected chi connectivity index (χ3v) is 3.50. The molecule has 2 N–H and O–H groups in total. The zero-order valence-corrected chi connectivity index (χ0v) is 15.6. The molecular formula is C21H20N2O5. The first kappa shape index (κ1) is 20.5. The highest BCUT2D eigenvalue weighted by Crippen LogP contribution is 2.16. The van der Waals surface area contributed by atoms with Crippen molar-refractivity contribution < 1.29 is 23.9 Å². The van der Waals surface area contributed by atoms with Crippen LogP contribution >= 0.6 is 0 Å². The molecule has 0 radical (unpaired) electrons. The molecule has 0 spiro atoms. The van der Waals surface area contributed by atoms with E-state index in [0.717, 1.165) is 0 Å². The Balaban J connectivity index is 1.77. The van der Waals surface area contributed by atoms with Gasteiger partial charge in [-0.2, -0.15) is 0 Å². The lowest BCUT2D eigenvalue weighted by molar-refractivity contribution is -0.114. The maximum Gasteiger partial charge on any atom is 0.337 e. The Bertz CT molecular complexity index is 910. The van der Waals surface area contributed by atoms with Crippen LogP contribution in [0, 0.1) is 11.8 Å². The molecule has 7 nitrogen and oxygen atoms in total. The molecular weight excluding hydrogens is 360 g/mol. The Hall–Kier alpha value is -3.79. The molecule has 0 aliphatic carbocycles. The van der Waals surface area contributed by atoms with Gasteiger partial charge in [0.05, 0.1) is 19.2 Å². The molecule has 0 saturated heterocycles. The molecule has 0 bridgehead atoms. The Labute approximate surface area is 163 Å². The zero-order chi connectivity index (χ0) is 20.4. The molecule has 7 heteroatoms. The molecule has 0 saturated carbocycles. The third-order valence-electron chi connectivity index (χ3n) is 3.50. The van der Waals surface area contributed by atoms with Crippen molar-refractivity contribution in [2.24, 2.45) is 0 Å². The highest BCUT2D eigenvalue weighted by molar-refractivity contribution is 5.96. The van der Waals surface area contributed by atoms with Gasteiger partial charge in [-0.1, -0.05) is 17.9 Å². The number of rotatable bonds is 6. The lowest BCUT2D eigenvalue weighted by atomic mass is 10.1. The van der Waals surface area contributed by atoms with E-state index in [1.807, 2.05) is 0 Å². The van der Waals surface area contributed by atoms with Gasteiger partial charge in [-0.25, -0.2) is 4.79 Å². The Morgan fingerprint density at radius 2 is 1.71 bits per heavy atom. The fourth-order valence-electron chi connectivity index (χ4n) is 2.20. The van der Waals surface area contributed by atoms with Crippen LogP contribution in [0.1, 0.15) is 27.6 Å². The third kappa shape index (κ3) is 6.50. The first-order valence-electron chi connectivity index (χ1n) is 8.42. The summed E-state index contributed by atoms with van der Waals surface area (Å²) in [6.45, 7) is 1.74. The van der Waals surface area contributed by atoms with Gasteiger partial charge in [-0.3, -0.25) is 9.59 Å². The second kappa shape index (κ2) is 10.4. The average molecular weight is 380 g/mol. The number of methoxy groups -OCH3 is 1. The number of carbonyl (C=O) groups is 3. The van der Waals surface area contributed by atoms with Gasteiger partial charge in [0.25, 0.3) is 5.91 Å². The van der Waals surface area contributed by atoms with Crippen molar-refractivity contribution in [2.75, 3.05) is 25.6 Å². The number of esters is 1. The van der Waals surface area contributed by atoms with Gasteiger partial charge in [-0.15, -0.1) is 0 Å². The fraction of sp³-hybridized carbons (Fsp3) is 0.190. The molecule has 2 aromatic rings. The highest BCUT2D eigenvalue weighted by Gasteiger charge is 2.08. The highest BCUT2D eigenvalue weighted by atomic mass is 16.5. The first-order valence-corrected chi connectivity index (χ1v) is 8.42. The molecule has 0 atom stereocenters. The van der Waals surface area contributed by atoms with E-state index in [0.29, 0.717) is 22.6 Å². The van der Waals surface area contributed by atoms with E-state index in [-0.39, 0.29) is 25.0 Å². The Morgan fingerprint density at radius 3 is 2.39 bits per heavy atom. The Kier molecular flexibility index (Phi) is 7.61. The van der Waals surface area contributed by atoms with Crippen LogP contribution in [-0.2, 0) is 9.53 Å². The molecule has 144 valence electrons. The van der Waals surface area contributed by atoms with Gasteiger partial charge in [0.15, 0.2) is 0 Å². The second-order valence-corrected chi connectivity index (χ2v) is 5.60. The normalized spacial score (nSPS) is 9.50. The minimum absolute atomic E-state index is 0.146. The number of hydrogen-bond acceptors (Lipinski definition) is 5. The lowest BCUT2D eigenvalue weighted by Gasteiger charge is -2.05. The summed E-state index contributed by atoms with van der Waals surface area (Å²) in [4.78, 5) is 34.4. The number of ether oxygens (including phenoxy) is 2. The first-order chi connectivity index (χ1) is 13.5. The van der Waals surface area contributed by atoms with E-state index in [1.54, 1.807) is 36.4 Å². The van der Waals surface area contributed by atoms with Gasteiger partial charge >= 0.3 is 5.97 Å². The van der Waals surface area contributed by atoms with E-state index in [4.69, 9.17) is 4.74 Å². The largest absolute Gasteiger partial charge is 0.481 e. The number of benzene rings is 2. The predicted molar refractivity (Wildman–Crippen MR) is 104 cm³/mol. The number of anilines is 1. The lowest BCUT2D eigenvalue weighted by Crippen LogP contribution is -2.23. The molecule has 0 aliphatic rings. The standard InChI is InChI=1S/C21H20N2O5/c1-15(24)23-18-6-5-7-19(14-18)28-13-4-3-12-22-20(25)16-8-10-17(11-9-16)21(26)27-2/h5-11,14H,12-13H2,1-2H3,(H,22,25)(H,23,24). The quantitative estimate of drug-likeness (QED) is 0.592. The molecule has 2 aromatic carbocycles. The number of nitrogens with one attached hydrogen (secondary N) is 2. The van der Waals surface area contributed by atoms with Crippen LogP contribution < -0.4 is 15.4 Å². The van der Waals surface area contributed by atoms with Gasteiger partial charge in [-0.05, 0) is 36.4 Å². The molecule has 0 unspecified atom stereocenters. The van der Waals surface area contributed by atoms with Gasteiger partial charge in [0, 0.05) is 24.2 Å². The summed E-state index contributed by atoms with van der Waals surface area (Å²) in [5, 5.41) is 5.33. The van der Waals surface area contributed by atoms with Gasteiger partial charge in [0.2, 0.25) is 5.91 Å². The van der Waals surface area contributed by atoms with E-state index in [1.165, 1.54) is 26.2 Å². The monoisotopic (exact) mass is 380 g/mol. The smallest absolute Gasteiger partial charge is 0.337 e. The van der Waals surface area contributed by atoms with Crippen LogP contribution in [0.15, 0.2) is 48.5 Å². The summed E-state index contributed by atoms with van der Waals surface area (Å²) in [5.41, 5.74) is 1.43. The molecule has 2 rings (SSSR count). The van der Waals surface area contributed by atoms with Gasteiger partial charge < -0.3 is 20.1 Å². The van der Waals surface area contributed by atoms with Gasteiger partial charge in [0.1, 0.15) is 12.4 Å². The summed E-state index contributed by atoms with van der Waals surface area (Å²) >= 11 is 0. The fourth-order valence-corrected chi connectivity index (χ4v) is 2.20. The number of hydrogen-bond donors (Lipinski definition) is 2. The maximum absolute atomic E-state index is 12.0. The van der Waals surface area contributed by atoms with Crippen molar-refractivity contribution in [2.45, 2.75) is 6.92 Å². The van der Waals surface area contributed by atoms with E-state index < -0.39 is 5.97 Å². The van der Waals surface area contributed by atoms with Crippen LogP contribution in [-0.4, -0.2) is 38.0 Å². The predicted octanol–water partition coefficient (Wildman–Crippen LogP) is 2.24.